The zero-order valence-electron chi connectivity index (χ0n) is 16.7. The molecule has 0 aliphatic heterocycles. The summed E-state index contributed by atoms with van der Waals surface area (Å²) in [5.41, 5.74) is 4.78. The molecule has 3 aromatic carbocycles. The molecule has 1 amide bonds. The molecule has 0 radical (unpaired) electrons. The molecule has 0 saturated carbocycles. The second-order valence-electron chi connectivity index (χ2n) is 7.05. The fourth-order valence-corrected chi connectivity index (χ4v) is 3.36. The van der Waals surface area contributed by atoms with Gasteiger partial charge in [0.2, 0.25) is 0 Å². The smallest absolute Gasteiger partial charge is 0.307 e. The number of nitrogens with one attached hydrogen (secondary N) is 1. The lowest BCUT2D eigenvalue weighted by Crippen LogP contribution is -2.22. The summed E-state index contributed by atoms with van der Waals surface area (Å²) in [7, 11) is 0. The van der Waals surface area contributed by atoms with E-state index in [1.165, 1.54) is 0 Å². The van der Waals surface area contributed by atoms with Gasteiger partial charge in [-0.15, -0.1) is 0 Å². The lowest BCUT2D eigenvalue weighted by atomic mass is 9.89. The lowest BCUT2D eigenvalue weighted by molar-refractivity contribution is -0.147. The van der Waals surface area contributed by atoms with Crippen LogP contribution in [0.4, 0.5) is 5.69 Å². The van der Waals surface area contributed by atoms with E-state index in [0.717, 1.165) is 27.9 Å². The Morgan fingerprint density at radius 3 is 1.83 bits per heavy atom. The predicted octanol–water partition coefficient (Wildman–Crippen LogP) is 5.01. The van der Waals surface area contributed by atoms with Gasteiger partial charge >= 0.3 is 5.97 Å². The molecule has 29 heavy (non-hydrogen) atoms. The van der Waals surface area contributed by atoms with Crippen molar-refractivity contribution in [1.82, 2.24) is 0 Å². The normalized spacial score (nSPS) is 10.6. The van der Waals surface area contributed by atoms with Gasteiger partial charge in [0, 0.05) is 11.6 Å². The summed E-state index contributed by atoms with van der Waals surface area (Å²) in [6.07, 6.45) is 0.171. The van der Waals surface area contributed by atoms with Gasteiger partial charge in [-0.25, -0.2) is 0 Å². The van der Waals surface area contributed by atoms with E-state index in [9.17, 15) is 9.59 Å². The molecule has 0 bridgehead atoms. The van der Waals surface area contributed by atoms with Gasteiger partial charge in [-0.05, 0) is 36.1 Å². The summed E-state index contributed by atoms with van der Waals surface area (Å²) in [6, 6.07) is 25.5. The van der Waals surface area contributed by atoms with Gasteiger partial charge in [-0.1, -0.05) is 78.9 Å². The van der Waals surface area contributed by atoms with Crippen LogP contribution in [0.5, 0.6) is 0 Å². The number of hydrogen-bond donors (Lipinski definition) is 1. The Kier molecular flexibility index (Phi) is 6.80. The van der Waals surface area contributed by atoms with E-state index >= 15 is 0 Å². The highest BCUT2D eigenvalue weighted by Gasteiger charge is 2.20. The van der Waals surface area contributed by atoms with Crippen LogP contribution in [0, 0.1) is 13.8 Å². The lowest BCUT2D eigenvalue weighted by Gasteiger charge is -2.17. The number of amides is 1. The molecule has 0 aromatic heterocycles. The van der Waals surface area contributed by atoms with E-state index in [0.29, 0.717) is 0 Å². The fraction of sp³-hybridized carbons (Fsp3) is 0.200. The van der Waals surface area contributed by atoms with Crippen LogP contribution in [0.2, 0.25) is 0 Å². The maximum Gasteiger partial charge on any atom is 0.307 e. The predicted molar refractivity (Wildman–Crippen MR) is 115 cm³/mol. The van der Waals surface area contributed by atoms with E-state index in [2.05, 4.69) is 5.32 Å². The zero-order valence-corrected chi connectivity index (χ0v) is 16.7. The van der Waals surface area contributed by atoms with Crippen LogP contribution >= 0.6 is 0 Å². The number of anilines is 1. The summed E-state index contributed by atoms with van der Waals surface area (Å²) >= 11 is 0. The molecule has 0 unspecified atom stereocenters. The van der Waals surface area contributed by atoms with Crippen molar-refractivity contribution < 1.29 is 14.3 Å². The molecule has 0 fully saturated rings. The minimum absolute atomic E-state index is 0.119. The number of para-hydroxylation sites is 1. The summed E-state index contributed by atoms with van der Waals surface area (Å²) < 4.78 is 5.28. The number of hydrogen-bond acceptors (Lipinski definition) is 3. The van der Waals surface area contributed by atoms with Gasteiger partial charge in [0.15, 0.2) is 6.61 Å². The molecule has 0 heterocycles. The van der Waals surface area contributed by atoms with Crippen molar-refractivity contribution in [3.63, 3.8) is 0 Å². The largest absolute Gasteiger partial charge is 0.456 e. The monoisotopic (exact) mass is 387 g/mol. The van der Waals surface area contributed by atoms with E-state index in [1.54, 1.807) is 0 Å². The fourth-order valence-electron chi connectivity index (χ4n) is 3.36. The van der Waals surface area contributed by atoms with Crippen molar-refractivity contribution in [2.24, 2.45) is 0 Å². The van der Waals surface area contributed by atoms with Crippen molar-refractivity contribution in [3.05, 3.63) is 101 Å². The number of esters is 1. The van der Waals surface area contributed by atoms with Crippen molar-refractivity contribution in [1.29, 1.82) is 0 Å². The highest BCUT2D eigenvalue weighted by atomic mass is 16.5. The third-order valence-electron chi connectivity index (χ3n) is 4.88. The number of rotatable bonds is 7. The maximum absolute atomic E-state index is 12.5. The molecule has 0 saturated heterocycles. The van der Waals surface area contributed by atoms with Crippen molar-refractivity contribution in [3.8, 4) is 0 Å². The van der Waals surface area contributed by atoms with Crippen LogP contribution in [-0.2, 0) is 14.3 Å². The minimum Gasteiger partial charge on any atom is -0.456 e. The molecule has 3 rings (SSSR count). The molecule has 148 valence electrons. The Labute approximate surface area is 171 Å². The highest BCUT2D eigenvalue weighted by Crippen LogP contribution is 2.28. The van der Waals surface area contributed by atoms with E-state index in [1.807, 2.05) is 92.7 Å². The van der Waals surface area contributed by atoms with Crippen LogP contribution in [0.25, 0.3) is 0 Å². The first-order chi connectivity index (χ1) is 14.0. The molecule has 4 heteroatoms. The van der Waals surface area contributed by atoms with E-state index in [4.69, 9.17) is 4.74 Å². The molecular formula is C25H25NO3. The molecule has 3 aromatic rings. The number of aryl methyl sites for hydroxylation is 2. The summed E-state index contributed by atoms with van der Waals surface area (Å²) in [5, 5.41) is 2.83. The van der Waals surface area contributed by atoms with Crippen LogP contribution in [0.3, 0.4) is 0 Å². The quantitative estimate of drug-likeness (QED) is 0.580. The van der Waals surface area contributed by atoms with E-state index < -0.39 is 5.97 Å². The Hall–Kier alpha value is -3.40. The third-order valence-corrected chi connectivity index (χ3v) is 4.88. The second-order valence-corrected chi connectivity index (χ2v) is 7.05. The van der Waals surface area contributed by atoms with Crippen molar-refractivity contribution in [2.75, 3.05) is 11.9 Å². The van der Waals surface area contributed by atoms with Crippen LogP contribution in [-0.4, -0.2) is 18.5 Å². The number of carbonyl (C=O) groups excluding carboxylic acids is 2. The highest BCUT2D eigenvalue weighted by molar-refractivity contribution is 5.94. The standard InChI is InChI=1S/C25H25NO3/c1-18-10-9-11-19(2)25(18)26-23(27)17-29-24(28)16-22(20-12-5-3-6-13-20)21-14-7-4-8-15-21/h3-15,22H,16-17H2,1-2H3,(H,26,27). The number of ether oxygens (including phenoxy) is 1. The second kappa shape index (κ2) is 9.69. The van der Waals surface area contributed by atoms with Crippen molar-refractivity contribution in [2.45, 2.75) is 26.2 Å². The molecule has 0 spiro atoms. The Bertz CT molecular complexity index is 908. The topological polar surface area (TPSA) is 55.4 Å². The molecule has 0 aliphatic rings. The molecular weight excluding hydrogens is 362 g/mol. The first-order valence-electron chi connectivity index (χ1n) is 9.66. The number of carbonyl (C=O) groups is 2. The Balaban J connectivity index is 1.63. The minimum atomic E-state index is -0.403. The SMILES string of the molecule is Cc1cccc(C)c1NC(=O)COC(=O)CC(c1ccccc1)c1ccccc1. The average molecular weight is 387 g/mol. The van der Waals surface area contributed by atoms with Gasteiger partial charge in [-0.3, -0.25) is 9.59 Å². The summed E-state index contributed by atoms with van der Waals surface area (Å²) in [6.45, 7) is 3.56. The molecule has 0 aliphatic carbocycles. The number of benzene rings is 3. The first-order valence-corrected chi connectivity index (χ1v) is 9.66. The Morgan fingerprint density at radius 1 is 0.793 bits per heavy atom. The van der Waals surface area contributed by atoms with E-state index in [-0.39, 0.29) is 24.9 Å². The van der Waals surface area contributed by atoms with Gasteiger partial charge in [0.1, 0.15) is 0 Å². The first kappa shape index (κ1) is 20.3. The van der Waals surface area contributed by atoms with Gasteiger partial charge in [0.25, 0.3) is 5.91 Å². The molecule has 1 N–H and O–H groups in total. The van der Waals surface area contributed by atoms with Gasteiger partial charge in [-0.2, -0.15) is 0 Å². The third kappa shape index (κ3) is 5.55. The zero-order chi connectivity index (χ0) is 20.6. The van der Waals surface area contributed by atoms with Crippen LogP contribution in [0.15, 0.2) is 78.9 Å². The van der Waals surface area contributed by atoms with Gasteiger partial charge in [0.05, 0.1) is 6.42 Å². The summed E-state index contributed by atoms with van der Waals surface area (Å²) in [4.78, 5) is 24.7. The molecule has 4 nitrogen and oxygen atoms in total. The van der Waals surface area contributed by atoms with Gasteiger partial charge < -0.3 is 10.1 Å². The molecule has 0 atom stereocenters. The maximum atomic E-state index is 12.5. The average Bonchev–Trinajstić information content (AvgIpc) is 2.74. The summed E-state index contributed by atoms with van der Waals surface area (Å²) in [5.74, 6) is -0.863. The van der Waals surface area contributed by atoms with Crippen LogP contribution in [0.1, 0.15) is 34.6 Å². The van der Waals surface area contributed by atoms with Crippen molar-refractivity contribution >= 4 is 17.6 Å². The van der Waals surface area contributed by atoms with Crippen LogP contribution < -0.4 is 5.32 Å². The Morgan fingerprint density at radius 2 is 1.31 bits per heavy atom.